The normalized spacial score (nSPS) is 12.6. The summed E-state index contributed by atoms with van der Waals surface area (Å²) in [6, 6.07) is 10.3. The van der Waals surface area contributed by atoms with E-state index in [0.717, 1.165) is 31.5 Å². The Bertz CT molecular complexity index is 519. The van der Waals surface area contributed by atoms with Gasteiger partial charge < -0.3 is 5.11 Å². The summed E-state index contributed by atoms with van der Waals surface area (Å²) in [6.45, 7) is 5.10. The van der Waals surface area contributed by atoms with Crippen molar-refractivity contribution >= 4 is 0 Å². The van der Waals surface area contributed by atoms with Crippen LogP contribution in [0.4, 0.5) is 0 Å². The fourth-order valence-corrected chi connectivity index (χ4v) is 2.36. The molecule has 0 fully saturated rings. The molecule has 0 amide bonds. The molecule has 3 nitrogen and oxygen atoms in total. The molecular formula is C16H22N2O. The van der Waals surface area contributed by atoms with Gasteiger partial charge >= 0.3 is 0 Å². The van der Waals surface area contributed by atoms with Gasteiger partial charge in [-0.25, -0.2) is 0 Å². The predicted molar refractivity (Wildman–Crippen MR) is 77.0 cm³/mol. The molecule has 2 rings (SSSR count). The first-order valence-corrected chi connectivity index (χ1v) is 6.96. The zero-order valence-electron chi connectivity index (χ0n) is 11.7. The van der Waals surface area contributed by atoms with Gasteiger partial charge in [0.1, 0.15) is 0 Å². The summed E-state index contributed by atoms with van der Waals surface area (Å²) in [7, 11) is 0. The fraction of sp³-hybridized carbons (Fsp3) is 0.438. The molecule has 0 aliphatic rings. The molecule has 0 saturated heterocycles. The van der Waals surface area contributed by atoms with Crippen molar-refractivity contribution in [3.8, 4) is 0 Å². The van der Waals surface area contributed by atoms with E-state index in [1.807, 2.05) is 16.8 Å². The van der Waals surface area contributed by atoms with Gasteiger partial charge in [0.2, 0.25) is 0 Å². The van der Waals surface area contributed by atoms with E-state index in [0.29, 0.717) is 0 Å². The number of rotatable bonds is 6. The molecule has 1 unspecified atom stereocenters. The smallest absolute Gasteiger partial charge is 0.0959 e. The first-order chi connectivity index (χ1) is 9.22. The summed E-state index contributed by atoms with van der Waals surface area (Å²) >= 11 is 0. The monoisotopic (exact) mass is 258 g/mol. The Balaban J connectivity index is 1.99. The van der Waals surface area contributed by atoms with Crippen LogP contribution in [0.2, 0.25) is 0 Å². The number of hydrogen-bond acceptors (Lipinski definition) is 2. The Labute approximate surface area is 114 Å². The van der Waals surface area contributed by atoms with Crippen LogP contribution in [0, 0.1) is 6.92 Å². The minimum atomic E-state index is -0.436. The summed E-state index contributed by atoms with van der Waals surface area (Å²) in [4.78, 5) is 0. The highest BCUT2D eigenvalue weighted by molar-refractivity contribution is 5.25. The molecule has 0 saturated carbocycles. The SMILES string of the molecule is CCCn1nccc1C(O)CCc1ccccc1C. The van der Waals surface area contributed by atoms with Crippen LogP contribution in [0.1, 0.15) is 42.7 Å². The van der Waals surface area contributed by atoms with E-state index in [2.05, 4.69) is 37.1 Å². The van der Waals surface area contributed by atoms with Gasteiger partial charge in [-0.3, -0.25) is 4.68 Å². The van der Waals surface area contributed by atoms with Crippen molar-refractivity contribution in [1.29, 1.82) is 0 Å². The van der Waals surface area contributed by atoms with Crippen molar-refractivity contribution in [3.05, 3.63) is 53.3 Å². The predicted octanol–water partition coefficient (Wildman–Crippen LogP) is 3.27. The third-order valence-corrected chi connectivity index (χ3v) is 3.47. The van der Waals surface area contributed by atoms with Crippen molar-refractivity contribution < 1.29 is 5.11 Å². The molecule has 0 spiro atoms. The van der Waals surface area contributed by atoms with Crippen LogP contribution < -0.4 is 0 Å². The molecule has 1 aromatic carbocycles. The zero-order chi connectivity index (χ0) is 13.7. The van der Waals surface area contributed by atoms with Crippen molar-refractivity contribution in [3.63, 3.8) is 0 Å². The maximum Gasteiger partial charge on any atom is 0.0959 e. The molecule has 19 heavy (non-hydrogen) atoms. The highest BCUT2D eigenvalue weighted by Crippen LogP contribution is 2.20. The topological polar surface area (TPSA) is 38.0 Å². The Morgan fingerprint density at radius 3 is 2.79 bits per heavy atom. The molecule has 0 bridgehead atoms. The van der Waals surface area contributed by atoms with Crippen LogP contribution in [0.3, 0.4) is 0 Å². The minimum absolute atomic E-state index is 0.436. The number of aliphatic hydroxyl groups is 1. The van der Waals surface area contributed by atoms with Gasteiger partial charge in [0, 0.05) is 12.7 Å². The maximum absolute atomic E-state index is 10.3. The largest absolute Gasteiger partial charge is 0.387 e. The summed E-state index contributed by atoms with van der Waals surface area (Å²) < 4.78 is 1.91. The average molecular weight is 258 g/mol. The van der Waals surface area contributed by atoms with E-state index in [1.165, 1.54) is 11.1 Å². The molecule has 0 aliphatic carbocycles. The first kappa shape index (κ1) is 13.8. The van der Waals surface area contributed by atoms with Crippen molar-refractivity contribution in [2.75, 3.05) is 0 Å². The Kier molecular flexibility index (Phi) is 4.74. The van der Waals surface area contributed by atoms with Gasteiger partial charge in [0.15, 0.2) is 0 Å². The van der Waals surface area contributed by atoms with E-state index >= 15 is 0 Å². The lowest BCUT2D eigenvalue weighted by Gasteiger charge is -2.13. The number of aromatic nitrogens is 2. The number of benzene rings is 1. The van der Waals surface area contributed by atoms with Gasteiger partial charge in [-0.15, -0.1) is 0 Å². The van der Waals surface area contributed by atoms with E-state index < -0.39 is 6.10 Å². The highest BCUT2D eigenvalue weighted by atomic mass is 16.3. The van der Waals surface area contributed by atoms with Crippen LogP contribution in [0.15, 0.2) is 36.5 Å². The molecule has 1 heterocycles. The molecule has 1 atom stereocenters. The summed E-state index contributed by atoms with van der Waals surface area (Å²) in [5.74, 6) is 0. The summed E-state index contributed by atoms with van der Waals surface area (Å²) in [5, 5.41) is 14.6. The lowest BCUT2D eigenvalue weighted by Crippen LogP contribution is -2.10. The van der Waals surface area contributed by atoms with E-state index in [1.54, 1.807) is 6.20 Å². The van der Waals surface area contributed by atoms with Gasteiger partial charge in [-0.2, -0.15) is 5.10 Å². The average Bonchev–Trinajstić information content (AvgIpc) is 2.86. The molecule has 0 radical (unpaired) electrons. The number of hydrogen-bond donors (Lipinski definition) is 1. The van der Waals surface area contributed by atoms with Crippen molar-refractivity contribution in [2.24, 2.45) is 0 Å². The zero-order valence-corrected chi connectivity index (χ0v) is 11.7. The molecule has 1 N–H and O–H groups in total. The lowest BCUT2D eigenvalue weighted by molar-refractivity contribution is 0.156. The molecule has 3 heteroatoms. The molecular weight excluding hydrogens is 236 g/mol. The van der Waals surface area contributed by atoms with E-state index in [-0.39, 0.29) is 0 Å². The van der Waals surface area contributed by atoms with Gasteiger partial charge in [0.25, 0.3) is 0 Å². The number of aryl methyl sites for hydroxylation is 3. The maximum atomic E-state index is 10.3. The van der Waals surface area contributed by atoms with Crippen molar-refractivity contribution in [2.45, 2.75) is 45.8 Å². The van der Waals surface area contributed by atoms with E-state index in [9.17, 15) is 5.11 Å². The lowest BCUT2D eigenvalue weighted by atomic mass is 10.0. The van der Waals surface area contributed by atoms with Gasteiger partial charge in [0.05, 0.1) is 11.8 Å². The molecule has 0 aliphatic heterocycles. The third-order valence-electron chi connectivity index (χ3n) is 3.47. The highest BCUT2D eigenvalue weighted by Gasteiger charge is 2.13. The third kappa shape index (κ3) is 3.44. The quantitative estimate of drug-likeness (QED) is 0.863. The van der Waals surface area contributed by atoms with Gasteiger partial charge in [-0.05, 0) is 43.4 Å². The number of aliphatic hydroxyl groups excluding tert-OH is 1. The molecule has 102 valence electrons. The summed E-state index contributed by atoms with van der Waals surface area (Å²) in [6.07, 6.45) is 3.99. The first-order valence-electron chi connectivity index (χ1n) is 6.96. The minimum Gasteiger partial charge on any atom is -0.387 e. The number of nitrogens with zero attached hydrogens (tertiary/aromatic N) is 2. The molecule has 2 aromatic rings. The summed E-state index contributed by atoms with van der Waals surface area (Å²) in [5.41, 5.74) is 3.52. The van der Waals surface area contributed by atoms with E-state index in [4.69, 9.17) is 0 Å². The second-order valence-corrected chi connectivity index (χ2v) is 4.96. The van der Waals surface area contributed by atoms with Crippen molar-refractivity contribution in [1.82, 2.24) is 9.78 Å². The van der Waals surface area contributed by atoms with Gasteiger partial charge in [-0.1, -0.05) is 31.2 Å². The Morgan fingerprint density at radius 1 is 1.26 bits per heavy atom. The second-order valence-electron chi connectivity index (χ2n) is 4.96. The Hall–Kier alpha value is -1.61. The standard InChI is InChI=1S/C16H22N2O/c1-3-12-18-15(10-11-17-18)16(19)9-8-14-7-5-4-6-13(14)2/h4-7,10-11,16,19H,3,8-9,12H2,1-2H3. The Morgan fingerprint density at radius 2 is 2.05 bits per heavy atom. The van der Waals surface area contributed by atoms with Crippen LogP contribution in [-0.4, -0.2) is 14.9 Å². The molecule has 1 aromatic heterocycles. The van der Waals surface area contributed by atoms with Crippen LogP contribution in [-0.2, 0) is 13.0 Å². The van der Waals surface area contributed by atoms with Crippen LogP contribution >= 0.6 is 0 Å². The fourth-order valence-electron chi connectivity index (χ4n) is 2.36. The second kappa shape index (κ2) is 6.53. The van der Waals surface area contributed by atoms with Crippen LogP contribution in [0.5, 0.6) is 0 Å². The van der Waals surface area contributed by atoms with Crippen LogP contribution in [0.25, 0.3) is 0 Å².